The van der Waals surface area contributed by atoms with Crippen LogP contribution in [0.5, 0.6) is 0 Å². The summed E-state index contributed by atoms with van der Waals surface area (Å²) in [6.07, 6.45) is 2.51. The van der Waals surface area contributed by atoms with Gasteiger partial charge in [-0.15, -0.1) is 0 Å². The molecule has 0 bridgehead atoms. The first-order valence-corrected chi connectivity index (χ1v) is 9.57. The smallest absolute Gasteiger partial charge is 0.412 e. The van der Waals surface area contributed by atoms with Crippen molar-refractivity contribution < 1.29 is 18.7 Å². The highest BCUT2D eigenvalue weighted by Crippen LogP contribution is 2.22. The summed E-state index contributed by atoms with van der Waals surface area (Å²) in [6.45, 7) is 1.84. The zero-order valence-electron chi connectivity index (χ0n) is 17.5. The first-order chi connectivity index (χ1) is 15.4. The Labute approximate surface area is 182 Å². The number of carbonyl (C=O) groups excluding carboxylic acids is 2. The fourth-order valence-electron chi connectivity index (χ4n) is 3.16. The van der Waals surface area contributed by atoms with Gasteiger partial charge in [-0.2, -0.15) is 0 Å². The maximum absolute atomic E-state index is 13.2. The Morgan fingerprint density at radius 1 is 1.12 bits per heavy atom. The topological polar surface area (TPSA) is 102 Å². The molecule has 0 saturated heterocycles. The molecule has 4 aromatic rings. The summed E-state index contributed by atoms with van der Waals surface area (Å²) in [5.41, 5.74) is 3.31. The predicted molar refractivity (Wildman–Crippen MR) is 117 cm³/mol. The molecule has 4 rings (SSSR count). The van der Waals surface area contributed by atoms with Gasteiger partial charge in [0, 0.05) is 12.7 Å². The lowest BCUT2D eigenvalue weighted by Gasteiger charge is -2.17. The van der Waals surface area contributed by atoms with Crippen molar-refractivity contribution in [3.8, 4) is 5.69 Å². The van der Waals surface area contributed by atoms with Crippen molar-refractivity contribution >= 4 is 34.7 Å². The van der Waals surface area contributed by atoms with Gasteiger partial charge in [-0.25, -0.2) is 24.1 Å². The quantitative estimate of drug-likeness (QED) is 0.525. The zero-order chi connectivity index (χ0) is 22.8. The van der Waals surface area contributed by atoms with E-state index in [0.29, 0.717) is 28.4 Å². The first-order valence-electron chi connectivity index (χ1n) is 9.57. The number of nitrogens with one attached hydrogen (secondary N) is 1. The van der Waals surface area contributed by atoms with Gasteiger partial charge in [0.2, 0.25) is 0 Å². The monoisotopic (exact) mass is 434 g/mol. The number of nitrogens with zero attached hydrogens (tertiary/aromatic N) is 5. The molecule has 0 saturated carbocycles. The summed E-state index contributed by atoms with van der Waals surface area (Å²) < 4.78 is 19.5. The van der Waals surface area contributed by atoms with Gasteiger partial charge >= 0.3 is 6.09 Å². The van der Waals surface area contributed by atoms with Crippen molar-refractivity contribution in [3.63, 3.8) is 0 Å². The van der Waals surface area contributed by atoms with Crippen LogP contribution >= 0.6 is 0 Å². The molecule has 0 aliphatic carbocycles. The lowest BCUT2D eigenvalue weighted by atomic mass is 10.2. The van der Waals surface area contributed by atoms with Crippen LogP contribution in [0, 0.1) is 12.7 Å². The molecule has 3 aromatic heterocycles. The molecule has 2 amide bonds. The molecule has 1 aromatic carbocycles. The van der Waals surface area contributed by atoms with E-state index in [9.17, 15) is 14.0 Å². The van der Waals surface area contributed by atoms with E-state index in [1.807, 2.05) is 6.92 Å². The van der Waals surface area contributed by atoms with Crippen molar-refractivity contribution in [2.24, 2.45) is 0 Å². The number of hydrogen-bond donors (Lipinski definition) is 1. The number of imidazole rings is 1. The maximum atomic E-state index is 13.2. The van der Waals surface area contributed by atoms with E-state index in [-0.39, 0.29) is 17.4 Å². The summed E-state index contributed by atoms with van der Waals surface area (Å²) in [5.74, 6) is -0.397. The summed E-state index contributed by atoms with van der Waals surface area (Å²) in [6, 6.07) is 10.7. The number of hydrogen-bond acceptors (Lipinski definition) is 6. The van der Waals surface area contributed by atoms with Crippen LogP contribution in [0.2, 0.25) is 0 Å². The third-order valence-electron chi connectivity index (χ3n) is 4.87. The summed E-state index contributed by atoms with van der Waals surface area (Å²) in [5, 5.41) is 2.48. The lowest BCUT2D eigenvalue weighted by Crippen LogP contribution is -2.27. The van der Waals surface area contributed by atoms with Gasteiger partial charge < -0.3 is 9.64 Å². The van der Waals surface area contributed by atoms with E-state index in [1.54, 1.807) is 42.3 Å². The molecule has 1 N–H and O–H groups in total. The van der Waals surface area contributed by atoms with Crippen LogP contribution in [0.25, 0.3) is 16.9 Å². The standard InChI is InChI=1S/C22H19FN6O3/c1-13-10-17(21(30)28(2)15-6-4-14(23)5-7-15)26-20-19(13)25-12-29(20)16-8-9-18(24-11-16)27-22(31)32-3/h4-12H,1-3H3,(H,24,27,31). The molecule has 32 heavy (non-hydrogen) atoms. The van der Waals surface area contributed by atoms with Crippen LogP contribution in [0.4, 0.5) is 20.7 Å². The highest BCUT2D eigenvalue weighted by atomic mass is 19.1. The number of carbonyl (C=O) groups is 2. The predicted octanol–water partition coefficient (Wildman–Crippen LogP) is 3.72. The Bertz CT molecular complexity index is 1300. The third kappa shape index (κ3) is 3.97. The molecule has 0 aliphatic heterocycles. The number of rotatable bonds is 4. The molecule has 0 radical (unpaired) electrons. The number of benzene rings is 1. The molecule has 162 valence electrons. The second-order valence-corrected chi connectivity index (χ2v) is 6.97. The van der Waals surface area contributed by atoms with Gasteiger partial charge in [-0.3, -0.25) is 14.7 Å². The van der Waals surface area contributed by atoms with Gasteiger partial charge in [0.25, 0.3) is 5.91 Å². The fourth-order valence-corrected chi connectivity index (χ4v) is 3.16. The van der Waals surface area contributed by atoms with Crippen LogP contribution in [0.15, 0.2) is 55.0 Å². The van der Waals surface area contributed by atoms with Crippen molar-refractivity contribution in [3.05, 3.63) is 72.1 Å². The number of ether oxygens (including phenoxy) is 1. The van der Waals surface area contributed by atoms with Gasteiger partial charge in [0.1, 0.15) is 29.2 Å². The molecule has 0 unspecified atom stereocenters. The number of amides is 2. The van der Waals surface area contributed by atoms with E-state index in [4.69, 9.17) is 0 Å². The van der Waals surface area contributed by atoms with Crippen LogP contribution < -0.4 is 10.2 Å². The van der Waals surface area contributed by atoms with Crippen molar-refractivity contribution in [1.82, 2.24) is 19.5 Å². The lowest BCUT2D eigenvalue weighted by molar-refractivity contribution is 0.0988. The highest BCUT2D eigenvalue weighted by Gasteiger charge is 2.19. The van der Waals surface area contributed by atoms with Crippen LogP contribution in [0.1, 0.15) is 16.1 Å². The number of fused-ring (bicyclic) bond motifs is 1. The average molecular weight is 434 g/mol. The molecule has 3 heterocycles. The number of aryl methyl sites for hydroxylation is 1. The van der Waals surface area contributed by atoms with Gasteiger partial charge in [0.05, 0.1) is 19.0 Å². The number of methoxy groups -OCH3 is 1. The number of aromatic nitrogens is 4. The second-order valence-electron chi connectivity index (χ2n) is 6.97. The average Bonchev–Trinajstić information content (AvgIpc) is 3.23. The summed E-state index contributed by atoms with van der Waals surface area (Å²) in [7, 11) is 2.87. The van der Waals surface area contributed by atoms with Gasteiger partial charge in [-0.1, -0.05) is 0 Å². The SMILES string of the molecule is COC(=O)Nc1ccc(-n2cnc3c(C)cc(C(=O)N(C)c4ccc(F)cc4)nc32)cn1. The molecule has 10 heteroatoms. The maximum Gasteiger partial charge on any atom is 0.412 e. The molecular weight excluding hydrogens is 415 g/mol. The second kappa shape index (κ2) is 8.42. The Morgan fingerprint density at radius 2 is 1.88 bits per heavy atom. The summed E-state index contributed by atoms with van der Waals surface area (Å²) >= 11 is 0. The Balaban J connectivity index is 1.69. The van der Waals surface area contributed by atoms with Crippen molar-refractivity contribution in [1.29, 1.82) is 0 Å². The summed E-state index contributed by atoms with van der Waals surface area (Å²) in [4.78, 5) is 38.9. The Morgan fingerprint density at radius 3 is 2.53 bits per heavy atom. The number of anilines is 2. The molecule has 0 aliphatic rings. The fraction of sp³-hybridized carbons (Fsp3) is 0.136. The molecular formula is C22H19FN6O3. The van der Waals surface area contributed by atoms with E-state index < -0.39 is 6.09 Å². The van der Waals surface area contributed by atoms with Gasteiger partial charge in [-0.05, 0) is 55.0 Å². The number of halogens is 1. The van der Waals surface area contributed by atoms with E-state index in [0.717, 1.165) is 5.56 Å². The van der Waals surface area contributed by atoms with E-state index >= 15 is 0 Å². The first kappa shape index (κ1) is 20.9. The molecule has 9 nitrogen and oxygen atoms in total. The minimum Gasteiger partial charge on any atom is -0.453 e. The third-order valence-corrected chi connectivity index (χ3v) is 4.87. The van der Waals surface area contributed by atoms with Crippen molar-refractivity contribution in [2.45, 2.75) is 6.92 Å². The van der Waals surface area contributed by atoms with E-state index in [2.05, 4.69) is 25.0 Å². The largest absolute Gasteiger partial charge is 0.453 e. The van der Waals surface area contributed by atoms with Crippen LogP contribution in [0.3, 0.4) is 0 Å². The highest BCUT2D eigenvalue weighted by molar-refractivity contribution is 6.05. The molecule has 0 spiro atoms. The van der Waals surface area contributed by atoms with Gasteiger partial charge in [0.15, 0.2) is 5.65 Å². The van der Waals surface area contributed by atoms with Crippen LogP contribution in [-0.2, 0) is 4.74 Å². The Kier molecular flexibility index (Phi) is 5.50. The normalized spacial score (nSPS) is 10.8. The van der Waals surface area contributed by atoms with E-state index in [1.165, 1.54) is 36.3 Å². The minimum atomic E-state index is -0.621. The molecule has 0 atom stereocenters. The van der Waals surface area contributed by atoms with Crippen LogP contribution in [-0.4, -0.2) is 45.7 Å². The zero-order valence-corrected chi connectivity index (χ0v) is 17.5. The molecule has 0 fully saturated rings. The Hall–Kier alpha value is -4.34. The van der Waals surface area contributed by atoms with Crippen molar-refractivity contribution in [2.75, 3.05) is 24.4 Å². The number of pyridine rings is 2. The minimum absolute atomic E-state index is 0.223.